The predicted molar refractivity (Wildman–Crippen MR) is 67.6 cm³/mol. The number of hydrogen-bond acceptors (Lipinski definition) is 5. The predicted octanol–water partition coefficient (Wildman–Crippen LogP) is 1.51. The molecule has 0 bridgehead atoms. The molecule has 0 aliphatic heterocycles. The lowest BCUT2D eigenvalue weighted by atomic mass is 10.5. The highest BCUT2D eigenvalue weighted by Crippen LogP contribution is 2.04. The molecule has 0 aliphatic carbocycles. The van der Waals surface area contributed by atoms with Crippen LogP contribution in [-0.2, 0) is 9.47 Å². The lowest BCUT2D eigenvalue weighted by Crippen LogP contribution is -2.09. The lowest BCUT2D eigenvalue weighted by Gasteiger charge is -2.05. The molecule has 0 N–H and O–H groups in total. The van der Waals surface area contributed by atoms with Crippen molar-refractivity contribution in [3.63, 3.8) is 0 Å². The third-order valence-corrected chi connectivity index (χ3v) is 2.25. The smallest absolute Gasteiger partial charge is 0.316 e. The van der Waals surface area contributed by atoms with Gasteiger partial charge < -0.3 is 14.2 Å². The average molecular weight is 338 g/mol. The third kappa shape index (κ3) is 6.19. The Balaban J connectivity index is 2.01. The van der Waals surface area contributed by atoms with Crippen LogP contribution in [0, 0.1) is 3.57 Å². The van der Waals surface area contributed by atoms with Crippen LogP contribution in [0.4, 0.5) is 0 Å². The van der Waals surface area contributed by atoms with Gasteiger partial charge in [-0.3, -0.25) is 0 Å². The average Bonchev–Trinajstić information content (AvgIpc) is 2.30. The van der Waals surface area contributed by atoms with E-state index >= 15 is 0 Å². The van der Waals surface area contributed by atoms with Crippen molar-refractivity contribution < 1.29 is 14.2 Å². The first-order chi connectivity index (χ1) is 7.83. The van der Waals surface area contributed by atoms with Gasteiger partial charge in [0.1, 0.15) is 6.61 Å². The summed E-state index contributed by atoms with van der Waals surface area (Å²) in [7, 11) is 1.68. The molecule has 0 atom stereocenters. The zero-order valence-corrected chi connectivity index (χ0v) is 11.3. The number of aromatic nitrogens is 2. The second-order valence-corrected chi connectivity index (χ2v) is 4.24. The van der Waals surface area contributed by atoms with E-state index in [-0.39, 0.29) is 0 Å². The molecule has 90 valence electrons. The summed E-state index contributed by atoms with van der Waals surface area (Å²) in [6, 6.07) is 0.390. The van der Waals surface area contributed by atoms with Crippen molar-refractivity contribution >= 4 is 22.6 Å². The largest absolute Gasteiger partial charge is 0.461 e. The highest BCUT2D eigenvalue weighted by molar-refractivity contribution is 14.1. The molecule has 1 heterocycles. The van der Waals surface area contributed by atoms with Crippen LogP contribution in [0.2, 0.25) is 0 Å². The van der Waals surface area contributed by atoms with E-state index in [0.717, 1.165) is 16.6 Å². The minimum atomic E-state index is 0.390. The lowest BCUT2D eigenvalue weighted by molar-refractivity contribution is 0.0783. The topological polar surface area (TPSA) is 53.5 Å². The van der Waals surface area contributed by atoms with E-state index in [9.17, 15) is 0 Å². The number of methoxy groups -OCH3 is 1. The summed E-state index contributed by atoms with van der Waals surface area (Å²) >= 11 is 2.14. The molecule has 0 aromatic carbocycles. The van der Waals surface area contributed by atoms with Crippen LogP contribution in [0.1, 0.15) is 6.42 Å². The van der Waals surface area contributed by atoms with E-state index in [1.165, 1.54) is 0 Å². The Labute approximate surface area is 109 Å². The van der Waals surface area contributed by atoms with Gasteiger partial charge in [-0.2, -0.15) is 0 Å². The summed E-state index contributed by atoms with van der Waals surface area (Å²) in [6.07, 6.45) is 4.32. The Morgan fingerprint density at radius 2 is 1.88 bits per heavy atom. The van der Waals surface area contributed by atoms with Gasteiger partial charge in [0.05, 0.1) is 6.61 Å². The van der Waals surface area contributed by atoms with Crippen molar-refractivity contribution in [1.29, 1.82) is 0 Å². The van der Waals surface area contributed by atoms with Crippen molar-refractivity contribution in [3.05, 3.63) is 16.0 Å². The Kier molecular flexibility index (Phi) is 7.35. The monoisotopic (exact) mass is 338 g/mol. The molecule has 6 heteroatoms. The van der Waals surface area contributed by atoms with Gasteiger partial charge >= 0.3 is 6.01 Å². The molecule has 5 nitrogen and oxygen atoms in total. The van der Waals surface area contributed by atoms with Gasteiger partial charge in [0.25, 0.3) is 0 Å². The SMILES string of the molecule is COCCCOCCOc1ncc(I)cn1. The number of hydrogen-bond donors (Lipinski definition) is 0. The van der Waals surface area contributed by atoms with Crippen molar-refractivity contribution in [2.45, 2.75) is 6.42 Å². The van der Waals surface area contributed by atoms with Crippen LogP contribution >= 0.6 is 22.6 Å². The molecule has 0 amide bonds. The van der Waals surface area contributed by atoms with Gasteiger partial charge in [0, 0.05) is 36.3 Å². The molecule has 1 aromatic heterocycles. The molecule has 0 radical (unpaired) electrons. The van der Waals surface area contributed by atoms with Gasteiger partial charge in [-0.15, -0.1) is 0 Å². The maximum atomic E-state index is 5.32. The van der Waals surface area contributed by atoms with E-state index in [2.05, 4.69) is 32.6 Å². The summed E-state index contributed by atoms with van der Waals surface area (Å²) in [4.78, 5) is 8.02. The molecule has 1 rings (SSSR count). The van der Waals surface area contributed by atoms with Crippen molar-refractivity contribution in [2.24, 2.45) is 0 Å². The fraction of sp³-hybridized carbons (Fsp3) is 0.600. The summed E-state index contributed by atoms with van der Waals surface area (Å²) in [5, 5.41) is 0. The van der Waals surface area contributed by atoms with Gasteiger partial charge in [-0.05, 0) is 29.0 Å². The highest BCUT2D eigenvalue weighted by atomic mass is 127. The fourth-order valence-corrected chi connectivity index (χ4v) is 1.25. The van der Waals surface area contributed by atoms with Gasteiger partial charge in [-0.1, -0.05) is 0 Å². The first kappa shape index (κ1) is 13.6. The second kappa shape index (κ2) is 8.66. The normalized spacial score (nSPS) is 10.4. The van der Waals surface area contributed by atoms with Crippen LogP contribution < -0.4 is 4.74 Å². The summed E-state index contributed by atoms with van der Waals surface area (Å²) in [5.74, 6) is 0. The summed E-state index contributed by atoms with van der Waals surface area (Å²) in [6.45, 7) is 2.42. The van der Waals surface area contributed by atoms with Crippen molar-refractivity contribution in [1.82, 2.24) is 9.97 Å². The quantitative estimate of drug-likeness (QED) is 0.531. The van der Waals surface area contributed by atoms with Crippen molar-refractivity contribution in [2.75, 3.05) is 33.5 Å². The molecule has 0 aliphatic rings. The summed E-state index contributed by atoms with van der Waals surface area (Å²) in [5.41, 5.74) is 0. The van der Waals surface area contributed by atoms with Crippen LogP contribution in [0.25, 0.3) is 0 Å². The molecule has 0 saturated heterocycles. The molecular formula is C10H15IN2O3. The Morgan fingerprint density at radius 1 is 1.12 bits per heavy atom. The summed E-state index contributed by atoms with van der Waals surface area (Å²) < 4.78 is 16.5. The van der Waals surface area contributed by atoms with Gasteiger partial charge in [0.2, 0.25) is 0 Å². The molecule has 0 spiro atoms. The zero-order chi connectivity index (χ0) is 11.6. The molecule has 16 heavy (non-hydrogen) atoms. The maximum Gasteiger partial charge on any atom is 0.316 e. The molecule has 0 saturated carbocycles. The fourth-order valence-electron chi connectivity index (χ4n) is 0.974. The number of ether oxygens (including phenoxy) is 3. The molecule has 1 aromatic rings. The van der Waals surface area contributed by atoms with Crippen LogP contribution in [0.15, 0.2) is 12.4 Å². The van der Waals surface area contributed by atoms with Gasteiger partial charge in [-0.25, -0.2) is 9.97 Å². The Hall–Kier alpha value is -0.470. The second-order valence-electron chi connectivity index (χ2n) is 2.99. The van der Waals surface area contributed by atoms with E-state index in [0.29, 0.717) is 25.8 Å². The number of halogens is 1. The Bertz CT molecular complexity index is 282. The Morgan fingerprint density at radius 3 is 2.56 bits per heavy atom. The third-order valence-electron chi connectivity index (χ3n) is 1.69. The first-order valence-corrected chi connectivity index (χ1v) is 6.08. The van der Waals surface area contributed by atoms with E-state index in [4.69, 9.17) is 14.2 Å². The molecule has 0 unspecified atom stereocenters. The van der Waals surface area contributed by atoms with E-state index in [1.807, 2.05) is 0 Å². The zero-order valence-electron chi connectivity index (χ0n) is 9.19. The number of rotatable bonds is 8. The number of nitrogens with zero attached hydrogens (tertiary/aromatic N) is 2. The van der Waals surface area contributed by atoms with E-state index in [1.54, 1.807) is 19.5 Å². The first-order valence-electron chi connectivity index (χ1n) is 5.00. The maximum absolute atomic E-state index is 5.32. The highest BCUT2D eigenvalue weighted by Gasteiger charge is 1.96. The molecular weight excluding hydrogens is 323 g/mol. The van der Waals surface area contributed by atoms with Crippen LogP contribution in [0.3, 0.4) is 0 Å². The standard InChI is InChI=1S/C10H15IN2O3/c1-14-3-2-4-15-5-6-16-10-12-7-9(11)8-13-10/h7-8H,2-6H2,1H3. The van der Waals surface area contributed by atoms with E-state index < -0.39 is 0 Å². The minimum absolute atomic E-state index is 0.390. The van der Waals surface area contributed by atoms with Crippen LogP contribution in [-0.4, -0.2) is 43.5 Å². The minimum Gasteiger partial charge on any atom is -0.461 e. The van der Waals surface area contributed by atoms with Crippen molar-refractivity contribution in [3.8, 4) is 6.01 Å². The molecule has 0 fully saturated rings. The van der Waals surface area contributed by atoms with Gasteiger partial charge in [0.15, 0.2) is 0 Å². The van der Waals surface area contributed by atoms with Crippen LogP contribution in [0.5, 0.6) is 6.01 Å².